The Morgan fingerprint density at radius 1 is 1.03 bits per heavy atom. The third kappa shape index (κ3) is 5.60. The van der Waals surface area contributed by atoms with Crippen LogP contribution in [0.25, 0.3) is 11.4 Å². The van der Waals surface area contributed by atoms with Crippen molar-refractivity contribution in [1.82, 2.24) is 15.1 Å². The zero-order valence-electron chi connectivity index (χ0n) is 20.8. The van der Waals surface area contributed by atoms with E-state index in [4.69, 9.17) is 18.4 Å². The van der Waals surface area contributed by atoms with E-state index in [0.717, 1.165) is 46.7 Å². The first-order valence-electron chi connectivity index (χ1n) is 12.3. The molecule has 0 unspecified atom stereocenters. The zero-order chi connectivity index (χ0) is 24.9. The highest BCUT2D eigenvalue weighted by Gasteiger charge is 2.21. The molecule has 1 saturated carbocycles. The van der Waals surface area contributed by atoms with Gasteiger partial charge in [0.25, 0.3) is 0 Å². The second kappa shape index (κ2) is 10.7. The van der Waals surface area contributed by atoms with Crippen molar-refractivity contribution in [3.05, 3.63) is 77.3 Å². The van der Waals surface area contributed by atoms with Crippen LogP contribution < -0.4 is 9.47 Å². The predicted octanol–water partition coefficient (Wildman–Crippen LogP) is 6.05. The molecule has 0 bridgehead atoms. The lowest BCUT2D eigenvalue weighted by Crippen LogP contribution is -2.12. The predicted molar refractivity (Wildman–Crippen MR) is 135 cm³/mol. The molecule has 0 amide bonds. The molecule has 0 radical (unpaired) electrons. The first kappa shape index (κ1) is 23.7. The van der Waals surface area contributed by atoms with Crippen molar-refractivity contribution in [2.45, 2.75) is 58.0 Å². The van der Waals surface area contributed by atoms with Crippen molar-refractivity contribution in [1.29, 1.82) is 0 Å². The Kier molecular flexibility index (Phi) is 7.03. The largest absolute Gasteiger partial charge is 0.493 e. The molecule has 1 aliphatic rings. The van der Waals surface area contributed by atoms with Gasteiger partial charge in [-0.15, -0.1) is 0 Å². The van der Waals surface area contributed by atoms with Gasteiger partial charge in [0.1, 0.15) is 6.26 Å². The summed E-state index contributed by atoms with van der Waals surface area (Å²) in [4.78, 5) is 8.78. The number of hydrogen-bond acceptors (Lipinski definition) is 7. The molecule has 1 aliphatic carbocycles. The fourth-order valence-electron chi connectivity index (χ4n) is 4.40. The van der Waals surface area contributed by atoms with Crippen LogP contribution in [0.2, 0.25) is 0 Å². The molecular formula is C29H29N3O4. The van der Waals surface area contributed by atoms with Gasteiger partial charge in [-0.2, -0.15) is 4.98 Å². The summed E-state index contributed by atoms with van der Waals surface area (Å²) >= 11 is 0. The molecule has 4 aromatic rings. The van der Waals surface area contributed by atoms with Crippen LogP contribution in [0.1, 0.15) is 60.2 Å². The molecule has 5 rings (SSSR count). The molecule has 2 aromatic heterocycles. The highest BCUT2D eigenvalue weighted by molar-refractivity contribution is 5.56. The third-order valence-electron chi connectivity index (χ3n) is 6.29. The van der Waals surface area contributed by atoms with E-state index < -0.39 is 0 Å². The second-order valence-corrected chi connectivity index (χ2v) is 9.06. The average Bonchev–Trinajstić information content (AvgIpc) is 3.65. The van der Waals surface area contributed by atoms with Crippen LogP contribution in [0.5, 0.6) is 11.5 Å². The van der Waals surface area contributed by atoms with E-state index in [1.165, 1.54) is 12.8 Å². The Morgan fingerprint density at radius 3 is 2.50 bits per heavy atom. The second-order valence-electron chi connectivity index (χ2n) is 9.06. The van der Waals surface area contributed by atoms with Crippen molar-refractivity contribution in [3.63, 3.8) is 0 Å². The van der Waals surface area contributed by atoms with E-state index in [2.05, 4.69) is 27.0 Å². The van der Waals surface area contributed by atoms with Crippen molar-refractivity contribution in [2.24, 2.45) is 0 Å². The number of benzene rings is 2. The molecule has 7 nitrogen and oxygen atoms in total. The molecule has 0 aliphatic heterocycles. The zero-order valence-corrected chi connectivity index (χ0v) is 20.8. The van der Waals surface area contributed by atoms with Crippen LogP contribution in [0.15, 0.2) is 57.7 Å². The molecule has 1 fully saturated rings. The number of methoxy groups -OCH3 is 1. The van der Waals surface area contributed by atoms with Gasteiger partial charge in [-0.05, 0) is 74.6 Å². The average molecular weight is 484 g/mol. The van der Waals surface area contributed by atoms with Crippen LogP contribution >= 0.6 is 0 Å². The Morgan fingerprint density at radius 2 is 1.83 bits per heavy atom. The van der Waals surface area contributed by atoms with Gasteiger partial charge in [-0.3, -0.25) is 0 Å². The van der Waals surface area contributed by atoms with Gasteiger partial charge >= 0.3 is 0 Å². The topological polar surface area (TPSA) is 83.4 Å². The van der Waals surface area contributed by atoms with Gasteiger partial charge in [0.2, 0.25) is 11.7 Å². The smallest absolute Gasteiger partial charge is 0.223 e. The van der Waals surface area contributed by atoms with Crippen LogP contribution in [0.4, 0.5) is 0 Å². The summed E-state index contributed by atoms with van der Waals surface area (Å²) in [7, 11) is 1.67. The number of rotatable bonds is 7. The maximum absolute atomic E-state index is 6.33. The first-order chi connectivity index (χ1) is 17.6. The van der Waals surface area contributed by atoms with Gasteiger partial charge in [0.05, 0.1) is 24.8 Å². The van der Waals surface area contributed by atoms with Gasteiger partial charge in [0, 0.05) is 24.5 Å². The van der Waals surface area contributed by atoms with Crippen molar-refractivity contribution < 1.29 is 18.4 Å². The van der Waals surface area contributed by atoms with Gasteiger partial charge in [0.15, 0.2) is 17.4 Å². The quantitative estimate of drug-likeness (QED) is 0.296. The molecule has 0 saturated heterocycles. The lowest BCUT2D eigenvalue weighted by atomic mass is 9.95. The lowest BCUT2D eigenvalue weighted by molar-refractivity contribution is 0.200. The number of nitrogens with zero attached hydrogens (tertiary/aromatic N) is 3. The van der Waals surface area contributed by atoms with E-state index in [9.17, 15) is 0 Å². The standard InChI is InChI=1S/C29H29N3O4/c1-19-18-34-28(30-19)17-24(13-10-21-8-11-22(12-9-21)29-31-20(2)36-32-29)23-14-15-26(33-3)27(16-23)35-25-6-4-5-7-25/h8-9,11-12,14-16,18,24-25H,4-7,17H2,1-3H3/t24-/m0/s1. The Labute approximate surface area is 210 Å². The van der Waals surface area contributed by atoms with E-state index in [-0.39, 0.29) is 12.0 Å². The summed E-state index contributed by atoms with van der Waals surface area (Å²) in [5.74, 6) is 9.87. The van der Waals surface area contributed by atoms with E-state index in [1.807, 2.05) is 49.4 Å². The van der Waals surface area contributed by atoms with Crippen molar-refractivity contribution in [2.75, 3.05) is 7.11 Å². The Balaban J connectivity index is 1.43. The number of hydrogen-bond donors (Lipinski definition) is 0. The fourth-order valence-corrected chi connectivity index (χ4v) is 4.40. The number of aryl methyl sites for hydroxylation is 2. The Hall–Kier alpha value is -4.05. The normalized spacial score (nSPS) is 14.3. The van der Waals surface area contributed by atoms with Crippen LogP contribution in [0.3, 0.4) is 0 Å². The summed E-state index contributed by atoms with van der Waals surface area (Å²) in [5, 5.41) is 3.98. The molecule has 2 heterocycles. The summed E-state index contributed by atoms with van der Waals surface area (Å²) in [6.07, 6.45) is 7.01. The van der Waals surface area contributed by atoms with Gasteiger partial charge in [-0.25, -0.2) is 4.98 Å². The summed E-state index contributed by atoms with van der Waals surface area (Å²) in [6, 6.07) is 13.9. The molecule has 184 valence electrons. The Bertz CT molecular complexity index is 1370. The molecule has 7 heteroatoms. The van der Waals surface area contributed by atoms with Crippen LogP contribution in [0, 0.1) is 25.7 Å². The monoisotopic (exact) mass is 483 g/mol. The fraction of sp³-hybridized carbons (Fsp3) is 0.345. The van der Waals surface area contributed by atoms with Crippen LogP contribution in [-0.2, 0) is 6.42 Å². The molecule has 36 heavy (non-hydrogen) atoms. The lowest BCUT2D eigenvalue weighted by Gasteiger charge is -2.18. The summed E-state index contributed by atoms with van der Waals surface area (Å²) in [6.45, 7) is 3.69. The van der Waals surface area contributed by atoms with Gasteiger partial charge < -0.3 is 18.4 Å². The number of aromatic nitrogens is 3. The maximum atomic E-state index is 6.33. The van der Waals surface area contributed by atoms with E-state index in [1.54, 1.807) is 20.3 Å². The molecule has 1 atom stereocenters. The molecule has 0 spiro atoms. The maximum Gasteiger partial charge on any atom is 0.223 e. The van der Waals surface area contributed by atoms with Gasteiger partial charge in [-0.1, -0.05) is 23.1 Å². The third-order valence-corrected chi connectivity index (χ3v) is 6.29. The van der Waals surface area contributed by atoms with Crippen molar-refractivity contribution in [3.8, 4) is 34.7 Å². The minimum Gasteiger partial charge on any atom is -0.493 e. The SMILES string of the molecule is COc1ccc([C@@H](C#Cc2ccc(-c3noc(C)n3)cc2)Cc2nc(C)co2)cc1OC1CCCC1. The van der Waals surface area contributed by atoms with Crippen LogP contribution in [-0.4, -0.2) is 28.3 Å². The minimum atomic E-state index is -0.139. The molecular weight excluding hydrogens is 454 g/mol. The van der Waals surface area contributed by atoms with Crippen molar-refractivity contribution >= 4 is 0 Å². The highest BCUT2D eigenvalue weighted by Crippen LogP contribution is 2.35. The first-order valence-corrected chi connectivity index (χ1v) is 12.3. The minimum absolute atomic E-state index is 0.139. The summed E-state index contributed by atoms with van der Waals surface area (Å²) in [5.41, 5.74) is 3.66. The van der Waals surface area contributed by atoms with E-state index >= 15 is 0 Å². The van der Waals surface area contributed by atoms with E-state index in [0.29, 0.717) is 24.0 Å². The highest BCUT2D eigenvalue weighted by atomic mass is 16.5. The number of oxazole rings is 1. The molecule has 2 aromatic carbocycles. The number of ether oxygens (including phenoxy) is 2. The molecule has 0 N–H and O–H groups in total. The summed E-state index contributed by atoms with van der Waals surface area (Å²) < 4.78 is 22.7.